The van der Waals surface area contributed by atoms with E-state index >= 15 is 0 Å². The van der Waals surface area contributed by atoms with Crippen molar-refractivity contribution in [1.82, 2.24) is 10.2 Å². The second-order valence-electron chi connectivity index (χ2n) is 8.72. The fraction of sp³-hybridized carbons (Fsp3) is 0.480. The number of para-hydroxylation sites is 1. The molecule has 2 aromatic carbocycles. The van der Waals surface area contributed by atoms with Crippen LogP contribution in [0.2, 0.25) is 0 Å². The van der Waals surface area contributed by atoms with E-state index in [0.717, 1.165) is 30.2 Å². The van der Waals surface area contributed by atoms with Crippen molar-refractivity contribution >= 4 is 5.91 Å². The van der Waals surface area contributed by atoms with Crippen LogP contribution in [-0.4, -0.2) is 36.0 Å². The maximum absolute atomic E-state index is 12.9. The molecule has 0 radical (unpaired) electrons. The number of fused-ring (bicyclic) bond motifs is 4. The molecule has 3 heterocycles. The lowest BCUT2D eigenvalue weighted by atomic mass is 9.73. The minimum absolute atomic E-state index is 0.0803. The van der Waals surface area contributed by atoms with Gasteiger partial charge >= 0.3 is 0 Å². The van der Waals surface area contributed by atoms with E-state index in [2.05, 4.69) is 29.6 Å². The summed E-state index contributed by atoms with van der Waals surface area (Å²) in [5, 5.41) is 3.78. The van der Waals surface area contributed by atoms with E-state index in [1.54, 1.807) is 0 Å². The van der Waals surface area contributed by atoms with Gasteiger partial charge in [-0.25, -0.2) is 0 Å². The summed E-state index contributed by atoms with van der Waals surface area (Å²) in [6, 6.07) is 15.9. The first-order valence-corrected chi connectivity index (χ1v) is 11.1. The topological polar surface area (TPSA) is 41.6 Å². The molecular formula is C25H30N2O2. The van der Waals surface area contributed by atoms with E-state index in [1.807, 2.05) is 36.9 Å². The van der Waals surface area contributed by atoms with Gasteiger partial charge in [0.2, 0.25) is 0 Å². The van der Waals surface area contributed by atoms with Crippen LogP contribution in [-0.2, 0) is 0 Å². The highest BCUT2D eigenvalue weighted by molar-refractivity contribution is 5.94. The minimum Gasteiger partial charge on any atom is -0.457 e. The number of rotatable bonds is 4. The second-order valence-corrected chi connectivity index (χ2v) is 8.72. The monoisotopic (exact) mass is 390 g/mol. The SMILES string of the molecule is CCN(CC)C(=O)c1ccc2c(c1)Oc1ccccc1C2C1CC2CCC(C1)N2. The van der Waals surface area contributed by atoms with Crippen molar-refractivity contribution in [3.05, 3.63) is 59.2 Å². The summed E-state index contributed by atoms with van der Waals surface area (Å²) in [5.41, 5.74) is 3.26. The number of carbonyl (C=O) groups is 1. The maximum Gasteiger partial charge on any atom is 0.253 e. The van der Waals surface area contributed by atoms with Crippen molar-refractivity contribution in [1.29, 1.82) is 0 Å². The Bertz CT molecular complexity index is 909. The molecule has 5 rings (SSSR count). The third kappa shape index (κ3) is 3.24. The van der Waals surface area contributed by atoms with Crippen molar-refractivity contribution in [2.24, 2.45) is 5.92 Å². The zero-order chi connectivity index (χ0) is 20.0. The number of nitrogens with zero attached hydrogens (tertiary/aromatic N) is 1. The average Bonchev–Trinajstić information content (AvgIpc) is 3.09. The Balaban J connectivity index is 1.54. The van der Waals surface area contributed by atoms with Gasteiger partial charge in [0.15, 0.2) is 0 Å². The predicted molar refractivity (Wildman–Crippen MR) is 115 cm³/mol. The largest absolute Gasteiger partial charge is 0.457 e. The van der Waals surface area contributed by atoms with Crippen LogP contribution in [0, 0.1) is 5.92 Å². The first-order chi connectivity index (χ1) is 14.2. The first kappa shape index (κ1) is 18.7. The third-order valence-corrected chi connectivity index (χ3v) is 7.10. The minimum atomic E-state index is 0.0803. The number of nitrogens with one attached hydrogen (secondary N) is 1. The molecule has 2 fully saturated rings. The molecule has 3 unspecified atom stereocenters. The van der Waals surface area contributed by atoms with Gasteiger partial charge in [0.05, 0.1) is 0 Å². The molecule has 0 saturated carbocycles. The van der Waals surface area contributed by atoms with Crippen LogP contribution in [0.4, 0.5) is 0 Å². The highest BCUT2D eigenvalue weighted by Crippen LogP contribution is 2.51. The summed E-state index contributed by atoms with van der Waals surface area (Å²) in [6.45, 7) is 5.48. The standard InChI is InChI=1S/C25H30N2O2/c1-3-27(4-2)25(28)16-9-12-21-23(15-16)29-22-8-6-5-7-20(22)24(21)17-13-18-10-11-19(14-17)26-18/h5-9,12,15,17-19,24,26H,3-4,10-11,13-14H2,1-2H3. The average molecular weight is 391 g/mol. The molecule has 3 atom stereocenters. The van der Waals surface area contributed by atoms with Gasteiger partial charge in [-0.3, -0.25) is 4.79 Å². The zero-order valence-corrected chi connectivity index (χ0v) is 17.4. The Labute approximate surface area is 173 Å². The molecule has 3 aliphatic heterocycles. The molecule has 2 bridgehead atoms. The summed E-state index contributed by atoms with van der Waals surface area (Å²) in [5.74, 6) is 2.84. The molecule has 4 heteroatoms. The van der Waals surface area contributed by atoms with Gasteiger partial charge in [-0.2, -0.15) is 0 Å². The van der Waals surface area contributed by atoms with E-state index in [9.17, 15) is 4.79 Å². The predicted octanol–water partition coefficient (Wildman–Crippen LogP) is 4.94. The van der Waals surface area contributed by atoms with Crippen molar-refractivity contribution in [2.75, 3.05) is 13.1 Å². The van der Waals surface area contributed by atoms with Gasteiger partial charge in [-0.15, -0.1) is 0 Å². The molecular weight excluding hydrogens is 360 g/mol. The van der Waals surface area contributed by atoms with Crippen LogP contribution in [0.25, 0.3) is 0 Å². The van der Waals surface area contributed by atoms with Crippen LogP contribution >= 0.6 is 0 Å². The Hall–Kier alpha value is -2.33. The number of hydrogen-bond donors (Lipinski definition) is 1. The molecule has 3 aliphatic rings. The zero-order valence-electron chi connectivity index (χ0n) is 17.4. The summed E-state index contributed by atoms with van der Waals surface area (Å²) < 4.78 is 6.32. The number of ether oxygens (including phenoxy) is 1. The molecule has 2 saturated heterocycles. The van der Waals surface area contributed by atoms with Crippen LogP contribution in [0.3, 0.4) is 0 Å². The van der Waals surface area contributed by atoms with Gasteiger partial charge in [0.25, 0.3) is 5.91 Å². The Morgan fingerprint density at radius 2 is 1.69 bits per heavy atom. The van der Waals surface area contributed by atoms with Gasteiger partial charge in [0, 0.05) is 47.8 Å². The van der Waals surface area contributed by atoms with Gasteiger partial charge in [-0.1, -0.05) is 24.3 Å². The lowest BCUT2D eigenvalue weighted by Crippen LogP contribution is -2.40. The lowest BCUT2D eigenvalue weighted by Gasteiger charge is -2.38. The summed E-state index contributed by atoms with van der Waals surface area (Å²) in [6.07, 6.45) is 5.04. The van der Waals surface area contributed by atoms with Crippen LogP contribution in [0.1, 0.15) is 66.9 Å². The van der Waals surface area contributed by atoms with E-state index in [0.29, 0.717) is 23.9 Å². The van der Waals surface area contributed by atoms with Crippen LogP contribution in [0.15, 0.2) is 42.5 Å². The van der Waals surface area contributed by atoms with Crippen molar-refractivity contribution in [2.45, 2.75) is 57.5 Å². The highest BCUT2D eigenvalue weighted by Gasteiger charge is 2.41. The summed E-state index contributed by atoms with van der Waals surface area (Å²) in [7, 11) is 0. The molecule has 1 amide bonds. The Morgan fingerprint density at radius 3 is 2.41 bits per heavy atom. The molecule has 29 heavy (non-hydrogen) atoms. The van der Waals surface area contributed by atoms with Gasteiger partial charge in [0.1, 0.15) is 11.5 Å². The molecule has 0 aliphatic carbocycles. The number of hydrogen-bond acceptors (Lipinski definition) is 3. The van der Waals surface area contributed by atoms with E-state index < -0.39 is 0 Å². The summed E-state index contributed by atoms with van der Waals surface area (Å²) in [4.78, 5) is 14.7. The lowest BCUT2D eigenvalue weighted by molar-refractivity contribution is 0.0772. The van der Waals surface area contributed by atoms with E-state index in [4.69, 9.17) is 4.74 Å². The second kappa shape index (κ2) is 7.49. The summed E-state index contributed by atoms with van der Waals surface area (Å²) >= 11 is 0. The Morgan fingerprint density at radius 1 is 1.00 bits per heavy atom. The smallest absolute Gasteiger partial charge is 0.253 e. The quantitative estimate of drug-likeness (QED) is 0.804. The third-order valence-electron chi connectivity index (χ3n) is 7.10. The van der Waals surface area contributed by atoms with Crippen LogP contribution < -0.4 is 10.1 Å². The molecule has 0 spiro atoms. The van der Waals surface area contributed by atoms with E-state index in [1.165, 1.54) is 36.8 Å². The number of benzene rings is 2. The number of amides is 1. The fourth-order valence-corrected chi connectivity index (χ4v) is 5.70. The maximum atomic E-state index is 12.9. The van der Waals surface area contributed by atoms with Crippen molar-refractivity contribution < 1.29 is 9.53 Å². The first-order valence-electron chi connectivity index (χ1n) is 11.1. The fourth-order valence-electron chi connectivity index (χ4n) is 5.70. The van der Waals surface area contributed by atoms with Gasteiger partial charge in [-0.05, 0) is 63.6 Å². The van der Waals surface area contributed by atoms with E-state index in [-0.39, 0.29) is 5.91 Å². The number of piperidine rings is 1. The van der Waals surface area contributed by atoms with Crippen molar-refractivity contribution in [3.63, 3.8) is 0 Å². The number of carbonyl (C=O) groups excluding carboxylic acids is 1. The van der Waals surface area contributed by atoms with Crippen molar-refractivity contribution in [3.8, 4) is 11.5 Å². The normalized spacial score (nSPS) is 27.0. The van der Waals surface area contributed by atoms with Gasteiger partial charge < -0.3 is 15.0 Å². The molecule has 0 aromatic heterocycles. The highest BCUT2D eigenvalue weighted by atomic mass is 16.5. The molecule has 2 aromatic rings. The Kier molecular flexibility index (Phi) is 4.83. The molecule has 1 N–H and O–H groups in total. The molecule has 152 valence electrons. The molecule has 4 nitrogen and oxygen atoms in total. The van der Waals surface area contributed by atoms with Crippen LogP contribution in [0.5, 0.6) is 11.5 Å².